The fraction of sp³-hybridized carbons (Fsp3) is 0.190. The molecular formula is C21H21N5O. The van der Waals surface area contributed by atoms with Crippen molar-refractivity contribution in [1.82, 2.24) is 24.6 Å². The van der Waals surface area contributed by atoms with E-state index in [-0.39, 0.29) is 11.9 Å². The number of fused-ring (bicyclic) bond motifs is 1. The van der Waals surface area contributed by atoms with Gasteiger partial charge in [0.25, 0.3) is 5.91 Å². The van der Waals surface area contributed by atoms with Crippen LogP contribution in [0.2, 0.25) is 0 Å². The van der Waals surface area contributed by atoms with Gasteiger partial charge in [-0.2, -0.15) is 5.10 Å². The van der Waals surface area contributed by atoms with Crippen LogP contribution in [0.1, 0.15) is 34.7 Å². The first-order valence-corrected chi connectivity index (χ1v) is 8.90. The summed E-state index contributed by atoms with van der Waals surface area (Å²) in [6.45, 7) is 2.59. The van der Waals surface area contributed by atoms with Crippen LogP contribution in [0.25, 0.3) is 11.0 Å². The fourth-order valence-electron chi connectivity index (χ4n) is 3.18. The maximum absolute atomic E-state index is 12.8. The summed E-state index contributed by atoms with van der Waals surface area (Å²) in [4.78, 5) is 18.9. The minimum atomic E-state index is -0.107. The highest BCUT2D eigenvalue weighted by atomic mass is 16.2. The number of benzene rings is 2. The van der Waals surface area contributed by atoms with E-state index < -0.39 is 0 Å². The van der Waals surface area contributed by atoms with Crippen LogP contribution < -0.4 is 0 Å². The van der Waals surface area contributed by atoms with E-state index in [0.29, 0.717) is 12.2 Å². The van der Waals surface area contributed by atoms with Crippen LogP contribution in [0.3, 0.4) is 0 Å². The Morgan fingerprint density at radius 1 is 1.15 bits per heavy atom. The maximum atomic E-state index is 12.8. The lowest BCUT2D eigenvalue weighted by Crippen LogP contribution is -2.29. The van der Waals surface area contributed by atoms with Crippen molar-refractivity contribution in [2.24, 2.45) is 0 Å². The van der Waals surface area contributed by atoms with Gasteiger partial charge in [0.1, 0.15) is 5.69 Å². The van der Waals surface area contributed by atoms with E-state index in [1.165, 1.54) is 0 Å². The molecule has 0 aliphatic carbocycles. The van der Waals surface area contributed by atoms with E-state index in [1.54, 1.807) is 18.3 Å². The molecule has 0 saturated heterocycles. The van der Waals surface area contributed by atoms with Crippen LogP contribution in [0.15, 0.2) is 67.0 Å². The molecule has 2 aromatic heterocycles. The number of aromatic amines is 1. The van der Waals surface area contributed by atoms with Gasteiger partial charge >= 0.3 is 0 Å². The third kappa shape index (κ3) is 3.33. The molecule has 1 amide bonds. The molecule has 1 atom stereocenters. The van der Waals surface area contributed by atoms with Gasteiger partial charge in [0.2, 0.25) is 0 Å². The molecule has 27 heavy (non-hydrogen) atoms. The van der Waals surface area contributed by atoms with Crippen LogP contribution in [0.5, 0.6) is 0 Å². The minimum absolute atomic E-state index is 0.0311. The van der Waals surface area contributed by atoms with Gasteiger partial charge in [0.05, 0.1) is 35.6 Å². The third-order valence-electron chi connectivity index (χ3n) is 4.90. The van der Waals surface area contributed by atoms with Crippen LogP contribution in [0, 0.1) is 0 Å². The molecule has 0 aliphatic heterocycles. The number of H-pyrrole nitrogens is 1. The average Bonchev–Trinajstić information content (AvgIpc) is 3.35. The van der Waals surface area contributed by atoms with Gasteiger partial charge in [-0.25, -0.2) is 4.98 Å². The maximum Gasteiger partial charge on any atom is 0.274 e. The zero-order valence-corrected chi connectivity index (χ0v) is 15.3. The van der Waals surface area contributed by atoms with E-state index in [1.807, 2.05) is 72.2 Å². The molecule has 4 aromatic rings. The van der Waals surface area contributed by atoms with Crippen molar-refractivity contribution in [2.75, 3.05) is 7.05 Å². The molecule has 2 heterocycles. The first-order valence-electron chi connectivity index (χ1n) is 8.90. The number of hydrogen-bond donors (Lipinski definition) is 1. The zero-order chi connectivity index (χ0) is 18.8. The second-order valence-corrected chi connectivity index (χ2v) is 6.64. The summed E-state index contributed by atoms with van der Waals surface area (Å²) in [5.41, 5.74) is 4.37. The average molecular weight is 359 g/mol. The Morgan fingerprint density at radius 3 is 2.70 bits per heavy atom. The molecule has 6 nitrogen and oxygen atoms in total. The number of aromatic nitrogens is 4. The standard InChI is InChI=1S/C21H21N5O/c1-15(16-8-4-3-5-9-16)25(2)21(27)19-12-17(23-24-19)13-26-14-22-18-10-6-7-11-20(18)26/h3-12,14-15H,13H2,1-2H3,(H,23,24)/t15-/m0/s1. The summed E-state index contributed by atoms with van der Waals surface area (Å²) in [6, 6.07) is 19.7. The van der Waals surface area contributed by atoms with Gasteiger partial charge < -0.3 is 9.47 Å². The SMILES string of the molecule is C[C@@H](c1ccccc1)N(C)C(=O)c1cc(Cn2cnc3ccccc32)[nH]n1. The summed E-state index contributed by atoms with van der Waals surface area (Å²) >= 11 is 0. The highest BCUT2D eigenvalue weighted by Gasteiger charge is 2.21. The molecule has 0 bridgehead atoms. The number of imidazole rings is 1. The predicted octanol–water partition coefficient (Wildman–Crippen LogP) is 3.64. The van der Waals surface area contributed by atoms with Gasteiger partial charge in [0, 0.05) is 7.05 Å². The molecule has 0 saturated carbocycles. The molecule has 0 spiro atoms. The minimum Gasteiger partial charge on any atom is -0.334 e. The molecule has 136 valence electrons. The van der Waals surface area contributed by atoms with Crippen LogP contribution >= 0.6 is 0 Å². The molecule has 0 radical (unpaired) electrons. The third-order valence-corrected chi connectivity index (χ3v) is 4.90. The number of hydrogen-bond acceptors (Lipinski definition) is 3. The Balaban J connectivity index is 1.51. The molecule has 0 fully saturated rings. The normalized spacial score (nSPS) is 12.2. The summed E-state index contributed by atoms with van der Waals surface area (Å²) in [5.74, 6) is -0.107. The van der Waals surface area contributed by atoms with Crippen molar-refractivity contribution in [3.05, 3.63) is 83.9 Å². The van der Waals surface area contributed by atoms with Crippen molar-refractivity contribution < 1.29 is 4.79 Å². The smallest absolute Gasteiger partial charge is 0.274 e. The number of nitrogens with zero attached hydrogens (tertiary/aromatic N) is 4. The number of carbonyl (C=O) groups is 1. The van der Waals surface area contributed by atoms with E-state index in [9.17, 15) is 4.79 Å². The molecule has 0 aliphatic rings. The Morgan fingerprint density at radius 2 is 1.89 bits per heavy atom. The Bertz CT molecular complexity index is 1070. The van der Waals surface area contributed by atoms with Gasteiger partial charge in [-0.3, -0.25) is 9.89 Å². The van der Waals surface area contributed by atoms with E-state index in [2.05, 4.69) is 15.2 Å². The van der Waals surface area contributed by atoms with Crippen molar-refractivity contribution >= 4 is 16.9 Å². The lowest BCUT2D eigenvalue weighted by Gasteiger charge is -2.24. The summed E-state index contributed by atoms with van der Waals surface area (Å²) in [6.07, 6.45) is 1.80. The Labute approximate surface area is 157 Å². The first kappa shape index (κ1) is 17.0. The van der Waals surface area contributed by atoms with Crippen LogP contribution in [0.4, 0.5) is 0 Å². The fourth-order valence-corrected chi connectivity index (χ4v) is 3.18. The second kappa shape index (κ2) is 7.07. The van der Waals surface area contributed by atoms with E-state index >= 15 is 0 Å². The number of rotatable bonds is 5. The number of nitrogens with one attached hydrogen (secondary N) is 1. The number of amides is 1. The predicted molar refractivity (Wildman–Crippen MR) is 104 cm³/mol. The molecule has 2 aromatic carbocycles. The van der Waals surface area contributed by atoms with Gasteiger partial charge in [-0.1, -0.05) is 42.5 Å². The summed E-state index contributed by atoms with van der Waals surface area (Å²) in [5, 5.41) is 7.20. The summed E-state index contributed by atoms with van der Waals surface area (Å²) < 4.78 is 2.04. The number of para-hydroxylation sites is 2. The lowest BCUT2D eigenvalue weighted by molar-refractivity contribution is 0.0736. The van der Waals surface area contributed by atoms with Crippen LogP contribution in [-0.4, -0.2) is 37.6 Å². The molecular weight excluding hydrogens is 338 g/mol. The zero-order valence-electron chi connectivity index (χ0n) is 15.3. The Kier molecular flexibility index (Phi) is 4.46. The van der Waals surface area contributed by atoms with Gasteiger partial charge in [-0.15, -0.1) is 0 Å². The summed E-state index contributed by atoms with van der Waals surface area (Å²) in [7, 11) is 1.80. The van der Waals surface area contributed by atoms with Crippen LogP contribution in [-0.2, 0) is 6.54 Å². The highest BCUT2D eigenvalue weighted by Crippen LogP contribution is 2.20. The van der Waals surface area contributed by atoms with Crippen molar-refractivity contribution in [3.8, 4) is 0 Å². The first-order chi connectivity index (χ1) is 13.1. The number of carbonyl (C=O) groups excluding carboxylic acids is 1. The molecule has 6 heteroatoms. The van der Waals surface area contributed by atoms with Crippen molar-refractivity contribution in [2.45, 2.75) is 19.5 Å². The molecule has 1 N–H and O–H groups in total. The largest absolute Gasteiger partial charge is 0.334 e. The van der Waals surface area contributed by atoms with Gasteiger partial charge in [-0.05, 0) is 30.7 Å². The quantitative estimate of drug-likeness (QED) is 0.591. The monoisotopic (exact) mass is 359 g/mol. The van der Waals surface area contributed by atoms with E-state index in [0.717, 1.165) is 22.3 Å². The lowest BCUT2D eigenvalue weighted by atomic mass is 10.1. The molecule has 4 rings (SSSR count). The molecule has 0 unspecified atom stereocenters. The Hall–Kier alpha value is -3.41. The topological polar surface area (TPSA) is 66.8 Å². The highest BCUT2D eigenvalue weighted by molar-refractivity contribution is 5.92. The van der Waals surface area contributed by atoms with Crippen molar-refractivity contribution in [3.63, 3.8) is 0 Å². The van der Waals surface area contributed by atoms with Gasteiger partial charge in [0.15, 0.2) is 0 Å². The second-order valence-electron chi connectivity index (χ2n) is 6.64. The van der Waals surface area contributed by atoms with E-state index in [4.69, 9.17) is 0 Å². The van der Waals surface area contributed by atoms with Crippen molar-refractivity contribution in [1.29, 1.82) is 0 Å².